The first kappa shape index (κ1) is 22.0. The molecule has 162 valence electrons. The van der Waals surface area contributed by atoms with Crippen LogP contribution in [0.2, 0.25) is 0 Å². The van der Waals surface area contributed by atoms with Crippen LogP contribution in [0.1, 0.15) is 31.2 Å². The lowest BCUT2D eigenvalue weighted by atomic mass is 9.98. The number of hydrazone groups is 1. The molecule has 0 N–H and O–H groups in total. The molecule has 1 aromatic heterocycles. The highest BCUT2D eigenvalue weighted by Gasteiger charge is 2.17. The smallest absolute Gasteiger partial charge is 0.347 e. The van der Waals surface area contributed by atoms with E-state index in [0.717, 1.165) is 38.4 Å². The lowest BCUT2D eigenvalue weighted by Gasteiger charge is -2.33. The number of aromatic nitrogens is 1. The molecule has 1 aliphatic heterocycles. The van der Waals surface area contributed by atoms with E-state index >= 15 is 0 Å². The number of allylic oxidation sites excluding steroid dienone is 1. The van der Waals surface area contributed by atoms with E-state index in [-0.39, 0.29) is 11.8 Å². The fraction of sp³-hybridized carbons (Fsp3) is 0.500. The molecule has 2 heterocycles. The molecule has 0 spiro atoms. The van der Waals surface area contributed by atoms with Gasteiger partial charge in [0.2, 0.25) is 5.89 Å². The van der Waals surface area contributed by atoms with Gasteiger partial charge in [0, 0.05) is 39.3 Å². The molecule has 0 amide bonds. The predicted molar refractivity (Wildman–Crippen MR) is 120 cm³/mol. The molecule has 8 heteroatoms. The fourth-order valence-corrected chi connectivity index (χ4v) is 3.45. The van der Waals surface area contributed by atoms with Gasteiger partial charge in [-0.2, -0.15) is 5.10 Å². The Balaban J connectivity index is 1.79. The van der Waals surface area contributed by atoms with Crippen molar-refractivity contribution in [2.75, 3.05) is 54.1 Å². The lowest BCUT2D eigenvalue weighted by Crippen LogP contribution is -2.47. The molecule has 0 aliphatic carbocycles. The lowest BCUT2D eigenvalue weighted by molar-refractivity contribution is 0.0986. The topological polar surface area (TPSA) is 74.4 Å². The number of nitrogens with zero attached hydrogens (tertiary/aromatic N) is 5. The highest BCUT2D eigenvalue weighted by Crippen LogP contribution is 2.28. The molecule has 1 fully saturated rings. The van der Waals surface area contributed by atoms with E-state index < -0.39 is 5.63 Å². The standard InChI is InChI=1S/C22H31N5O3/c1-15(2)18-11-17(29-6)12-19-20(18)22(28)30-21(24-19)16(3)13-23-26(5)14-27-9-7-25(4)8-10-27/h11-13,15H,3,7-10,14H2,1-2,4-6H3/b23-13-. The molecule has 0 unspecified atom stereocenters. The third kappa shape index (κ3) is 5.06. The van der Waals surface area contributed by atoms with Crippen molar-refractivity contribution in [3.63, 3.8) is 0 Å². The summed E-state index contributed by atoms with van der Waals surface area (Å²) < 4.78 is 10.9. The maximum atomic E-state index is 12.7. The quantitative estimate of drug-likeness (QED) is 0.510. The highest BCUT2D eigenvalue weighted by molar-refractivity contribution is 6.07. The predicted octanol–water partition coefficient (Wildman–Crippen LogP) is 2.46. The van der Waals surface area contributed by atoms with Crippen molar-refractivity contribution in [3.8, 4) is 5.75 Å². The van der Waals surface area contributed by atoms with Crippen LogP contribution in [0.25, 0.3) is 16.5 Å². The molecule has 0 saturated carbocycles. The van der Waals surface area contributed by atoms with Gasteiger partial charge in [0.05, 0.1) is 36.5 Å². The number of hydrogen-bond donors (Lipinski definition) is 0. The Bertz CT molecular complexity index is 990. The van der Waals surface area contributed by atoms with Crippen LogP contribution in [-0.2, 0) is 0 Å². The number of hydrogen-bond acceptors (Lipinski definition) is 8. The summed E-state index contributed by atoms with van der Waals surface area (Å²) >= 11 is 0. The molecule has 30 heavy (non-hydrogen) atoms. The summed E-state index contributed by atoms with van der Waals surface area (Å²) in [5.74, 6) is 0.944. The van der Waals surface area contributed by atoms with Crippen LogP contribution >= 0.6 is 0 Å². The zero-order valence-electron chi connectivity index (χ0n) is 18.5. The van der Waals surface area contributed by atoms with Crippen molar-refractivity contribution in [2.24, 2.45) is 5.10 Å². The first-order valence-corrected chi connectivity index (χ1v) is 10.2. The van der Waals surface area contributed by atoms with Crippen LogP contribution in [0.15, 0.2) is 33.0 Å². The number of piperazine rings is 1. The SMILES string of the molecule is C=C(/C=N\N(C)CN1CCN(C)CC1)c1nc2cc(OC)cc(C(C)C)c2c(=O)o1. The number of likely N-dealkylation sites (N-methyl/N-ethyl adjacent to an activating group) is 1. The number of ether oxygens (including phenoxy) is 1. The van der Waals surface area contributed by atoms with E-state index in [1.165, 1.54) is 0 Å². The molecule has 0 bridgehead atoms. The number of fused-ring (bicyclic) bond motifs is 1. The molecule has 0 radical (unpaired) electrons. The second-order valence-electron chi connectivity index (χ2n) is 8.06. The van der Waals surface area contributed by atoms with Crippen LogP contribution in [0.5, 0.6) is 5.75 Å². The second-order valence-corrected chi connectivity index (χ2v) is 8.06. The molecule has 8 nitrogen and oxygen atoms in total. The van der Waals surface area contributed by atoms with Crippen LogP contribution in [-0.4, -0.2) is 80.1 Å². The molecule has 1 aliphatic rings. The van der Waals surface area contributed by atoms with Crippen LogP contribution in [0.3, 0.4) is 0 Å². The third-order valence-electron chi connectivity index (χ3n) is 5.28. The zero-order chi connectivity index (χ0) is 21.8. The summed E-state index contributed by atoms with van der Waals surface area (Å²) in [5.41, 5.74) is 1.39. The van der Waals surface area contributed by atoms with E-state index in [9.17, 15) is 4.79 Å². The van der Waals surface area contributed by atoms with Gasteiger partial charge in [0.25, 0.3) is 0 Å². The van der Waals surface area contributed by atoms with Gasteiger partial charge in [-0.05, 0) is 24.6 Å². The molecular formula is C22H31N5O3. The van der Waals surface area contributed by atoms with E-state index in [1.54, 1.807) is 19.4 Å². The minimum Gasteiger partial charge on any atom is -0.497 e. The summed E-state index contributed by atoms with van der Waals surface area (Å²) in [6, 6.07) is 3.60. The first-order chi connectivity index (χ1) is 14.3. The van der Waals surface area contributed by atoms with E-state index in [0.29, 0.717) is 22.2 Å². The minimum absolute atomic E-state index is 0.131. The van der Waals surface area contributed by atoms with Crippen molar-refractivity contribution < 1.29 is 9.15 Å². The largest absolute Gasteiger partial charge is 0.497 e. The highest BCUT2D eigenvalue weighted by atomic mass is 16.5. The maximum absolute atomic E-state index is 12.7. The maximum Gasteiger partial charge on any atom is 0.347 e. The average Bonchev–Trinajstić information content (AvgIpc) is 2.72. The Labute approximate surface area is 177 Å². The fourth-order valence-electron chi connectivity index (χ4n) is 3.45. The van der Waals surface area contributed by atoms with Crippen molar-refractivity contribution in [1.29, 1.82) is 0 Å². The monoisotopic (exact) mass is 413 g/mol. The summed E-state index contributed by atoms with van der Waals surface area (Å²) in [5, 5.41) is 6.75. The van der Waals surface area contributed by atoms with E-state index in [2.05, 4.69) is 33.5 Å². The van der Waals surface area contributed by atoms with Crippen molar-refractivity contribution in [3.05, 3.63) is 40.6 Å². The van der Waals surface area contributed by atoms with E-state index in [1.807, 2.05) is 32.0 Å². The Morgan fingerprint density at radius 1 is 1.37 bits per heavy atom. The van der Waals surface area contributed by atoms with Crippen LogP contribution in [0.4, 0.5) is 0 Å². The van der Waals surface area contributed by atoms with Gasteiger partial charge in [0.15, 0.2) is 0 Å². The molecule has 2 aromatic rings. The van der Waals surface area contributed by atoms with Gasteiger partial charge >= 0.3 is 5.63 Å². The number of benzene rings is 1. The third-order valence-corrected chi connectivity index (χ3v) is 5.28. The Kier molecular flexibility index (Phi) is 6.89. The van der Waals surface area contributed by atoms with E-state index in [4.69, 9.17) is 9.15 Å². The average molecular weight is 414 g/mol. The van der Waals surface area contributed by atoms with Gasteiger partial charge in [-0.1, -0.05) is 20.4 Å². The van der Waals surface area contributed by atoms with Gasteiger partial charge in [-0.3, -0.25) is 9.91 Å². The van der Waals surface area contributed by atoms with Crippen molar-refractivity contribution in [1.82, 2.24) is 19.8 Å². The van der Waals surface area contributed by atoms with Crippen molar-refractivity contribution in [2.45, 2.75) is 19.8 Å². The van der Waals surface area contributed by atoms with Crippen LogP contribution in [0, 0.1) is 0 Å². The number of rotatable bonds is 7. The first-order valence-electron chi connectivity index (χ1n) is 10.2. The summed E-state index contributed by atoms with van der Waals surface area (Å²) in [4.78, 5) is 21.9. The zero-order valence-corrected chi connectivity index (χ0v) is 18.5. The minimum atomic E-state index is -0.429. The Morgan fingerprint density at radius 2 is 2.07 bits per heavy atom. The van der Waals surface area contributed by atoms with Gasteiger partial charge in [-0.15, -0.1) is 0 Å². The molecule has 1 aromatic carbocycles. The molecule has 0 atom stereocenters. The summed E-state index contributed by atoms with van der Waals surface area (Å²) in [7, 11) is 5.64. The molecule has 3 rings (SSSR count). The Hall–Kier alpha value is -2.71. The van der Waals surface area contributed by atoms with Gasteiger partial charge in [-0.25, -0.2) is 9.78 Å². The number of methoxy groups -OCH3 is 1. The van der Waals surface area contributed by atoms with Gasteiger partial charge < -0.3 is 14.1 Å². The van der Waals surface area contributed by atoms with Crippen molar-refractivity contribution >= 4 is 22.7 Å². The molecular weight excluding hydrogens is 382 g/mol. The van der Waals surface area contributed by atoms with Crippen LogP contribution < -0.4 is 10.4 Å². The summed E-state index contributed by atoms with van der Waals surface area (Å²) in [6.45, 7) is 12.9. The second kappa shape index (κ2) is 9.40. The van der Waals surface area contributed by atoms with Gasteiger partial charge in [0.1, 0.15) is 5.75 Å². The molecule has 1 saturated heterocycles. The Morgan fingerprint density at radius 3 is 2.70 bits per heavy atom. The normalized spacial score (nSPS) is 15.9. The summed E-state index contributed by atoms with van der Waals surface area (Å²) in [6.07, 6.45) is 1.58.